The molecule has 2 N–H and O–H groups in total. The fourth-order valence-electron chi connectivity index (χ4n) is 3.44. The van der Waals surface area contributed by atoms with Crippen molar-refractivity contribution in [2.24, 2.45) is 24.8 Å². The normalized spacial score (nSPS) is 18.5. The summed E-state index contributed by atoms with van der Waals surface area (Å²) in [5, 5.41) is 20.2. The molecule has 174 valence electrons. The van der Waals surface area contributed by atoms with E-state index < -0.39 is 12.1 Å². The summed E-state index contributed by atoms with van der Waals surface area (Å²) >= 11 is 0. The lowest BCUT2D eigenvalue weighted by molar-refractivity contribution is -0.148. The van der Waals surface area contributed by atoms with Gasteiger partial charge in [0.05, 0.1) is 42.8 Å². The lowest BCUT2D eigenvalue weighted by Gasteiger charge is -2.33. The van der Waals surface area contributed by atoms with Crippen LogP contribution in [0.3, 0.4) is 0 Å². The number of aryl methyl sites for hydroxylation is 2. The number of aliphatic carboxylic acids is 1. The Morgan fingerprint density at radius 3 is 2.75 bits per heavy atom. The second-order valence-electron chi connectivity index (χ2n) is 8.35. The van der Waals surface area contributed by atoms with Crippen LogP contribution >= 0.6 is 0 Å². The van der Waals surface area contributed by atoms with Gasteiger partial charge in [0.25, 0.3) is 0 Å². The predicted octanol–water partition coefficient (Wildman–Crippen LogP) is 2.95. The lowest BCUT2D eigenvalue weighted by Crippen LogP contribution is -2.36. The Morgan fingerprint density at radius 1 is 1.34 bits per heavy atom. The summed E-state index contributed by atoms with van der Waals surface area (Å²) < 4.78 is 12.7. The van der Waals surface area contributed by atoms with Crippen molar-refractivity contribution in [2.45, 2.75) is 46.6 Å². The van der Waals surface area contributed by atoms with Crippen molar-refractivity contribution in [2.75, 3.05) is 13.2 Å². The van der Waals surface area contributed by atoms with Gasteiger partial charge >= 0.3 is 12.1 Å². The van der Waals surface area contributed by atoms with Crippen LogP contribution in [0.4, 0.5) is 4.79 Å². The second kappa shape index (κ2) is 10.4. The highest BCUT2D eigenvalue weighted by molar-refractivity contribution is 5.71. The van der Waals surface area contributed by atoms with Crippen molar-refractivity contribution in [3.05, 3.63) is 23.5 Å². The maximum absolute atomic E-state index is 12.0. The van der Waals surface area contributed by atoms with Crippen LogP contribution in [0.2, 0.25) is 0 Å². The van der Waals surface area contributed by atoms with Crippen molar-refractivity contribution in [3.63, 3.8) is 0 Å². The van der Waals surface area contributed by atoms with E-state index in [1.165, 1.54) is 0 Å². The molecule has 0 spiro atoms. The minimum atomic E-state index is -0.761. The molecule has 0 saturated heterocycles. The van der Waals surface area contributed by atoms with E-state index in [0.717, 1.165) is 12.8 Å². The Bertz CT molecular complexity index is 960. The molecular weight excluding hydrogens is 414 g/mol. The zero-order valence-corrected chi connectivity index (χ0v) is 19.0. The third kappa shape index (κ3) is 5.54. The molecule has 0 radical (unpaired) electrons. The molecule has 10 nitrogen and oxygen atoms in total. The highest BCUT2D eigenvalue weighted by atomic mass is 16.5. The van der Waals surface area contributed by atoms with Crippen LogP contribution < -0.4 is 10.1 Å². The summed E-state index contributed by atoms with van der Waals surface area (Å²) in [6, 6.07) is 3.59. The van der Waals surface area contributed by atoms with Gasteiger partial charge in [0, 0.05) is 13.0 Å². The average Bonchev–Trinajstić information content (AvgIpc) is 3.10. The monoisotopic (exact) mass is 445 g/mol. The van der Waals surface area contributed by atoms with E-state index in [-0.39, 0.29) is 18.4 Å². The number of pyridine rings is 1. The SMILES string of the molecule is CC[C@H](C)COC(=O)NCc1c(-c2ccc(OC[C@@H]3CC[C@H]3C(=O)O)c(C)n2)nnn1C. The lowest BCUT2D eigenvalue weighted by atomic mass is 9.74. The van der Waals surface area contributed by atoms with Crippen molar-refractivity contribution >= 4 is 12.1 Å². The topological polar surface area (TPSA) is 128 Å². The number of nitrogens with one attached hydrogen (secondary N) is 1. The molecule has 0 aromatic carbocycles. The maximum Gasteiger partial charge on any atom is 0.407 e. The molecule has 3 rings (SSSR count). The smallest absolute Gasteiger partial charge is 0.407 e. The molecule has 2 aromatic rings. The number of carboxylic acids is 1. The molecular formula is C22H31N5O5. The van der Waals surface area contributed by atoms with Gasteiger partial charge in [-0.1, -0.05) is 25.5 Å². The fraction of sp³-hybridized carbons (Fsp3) is 0.591. The molecule has 2 aromatic heterocycles. The number of carboxylic acid groups (broad SMARTS) is 1. The Balaban J connectivity index is 1.62. The highest BCUT2D eigenvalue weighted by Gasteiger charge is 2.37. The zero-order valence-electron chi connectivity index (χ0n) is 19.0. The molecule has 0 aliphatic heterocycles. The number of hydrogen-bond acceptors (Lipinski definition) is 7. The van der Waals surface area contributed by atoms with Gasteiger partial charge < -0.3 is 19.9 Å². The molecule has 0 bridgehead atoms. The van der Waals surface area contributed by atoms with E-state index >= 15 is 0 Å². The highest BCUT2D eigenvalue weighted by Crippen LogP contribution is 2.35. The van der Waals surface area contributed by atoms with Gasteiger partial charge in [-0.05, 0) is 37.8 Å². The van der Waals surface area contributed by atoms with Gasteiger partial charge in [0.15, 0.2) is 0 Å². The number of carbonyl (C=O) groups is 2. The summed E-state index contributed by atoms with van der Waals surface area (Å²) in [5.74, 6) is -0.134. The van der Waals surface area contributed by atoms with E-state index in [9.17, 15) is 14.7 Å². The molecule has 0 unspecified atom stereocenters. The summed E-state index contributed by atoms with van der Waals surface area (Å²) in [5.41, 5.74) is 2.55. The number of ether oxygens (including phenoxy) is 2. The summed E-state index contributed by atoms with van der Waals surface area (Å²) in [6.07, 6.45) is 2.01. The number of nitrogens with zero attached hydrogens (tertiary/aromatic N) is 4. The quantitative estimate of drug-likeness (QED) is 0.571. The maximum atomic E-state index is 12.0. The van der Waals surface area contributed by atoms with Crippen LogP contribution in [-0.4, -0.2) is 50.4 Å². The van der Waals surface area contributed by atoms with Gasteiger partial charge in [-0.2, -0.15) is 0 Å². The number of carbonyl (C=O) groups excluding carboxylic acids is 1. The van der Waals surface area contributed by atoms with Crippen molar-refractivity contribution in [1.29, 1.82) is 0 Å². The molecule has 10 heteroatoms. The van der Waals surface area contributed by atoms with E-state index in [0.29, 0.717) is 54.1 Å². The fourth-order valence-corrected chi connectivity index (χ4v) is 3.44. The van der Waals surface area contributed by atoms with Crippen LogP contribution in [0.5, 0.6) is 5.75 Å². The van der Waals surface area contributed by atoms with Crippen LogP contribution in [0.15, 0.2) is 12.1 Å². The average molecular weight is 446 g/mol. The van der Waals surface area contributed by atoms with Crippen LogP contribution in [0, 0.1) is 24.7 Å². The van der Waals surface area contributed by atoms with E-state index in [1.807, 2.05) is 20.8 Å². The number of hydrogen-bond donors (Lipinski definition) is 2. The van der Waals surface area contributed by atoms with Crippen molar-refractivity contribution in [3.8, 4) is 17.1 Å². The Kier molecular flexibility index (Phi) is 7.66. The Morgan fingerprint density at radius 2 is 2.12 bits per heavy atom. The minimum absolute atomic E-state index is 0.0318. The standard InChI is InChI=1S/C22H31N5O5/c1-5-13(2)11-32-22(30)23-10-18-20(25-26-27(18)4)17-8-9-19(14(3)24-17)31-12-15-6-7-16(15)21(28)29/h8-9,13,15-16H,5-7,10-12H2,1-4H3,(H,23,30)(H,28,29)/t13-,15-,16+/m0/s1. The largest absolute Gasteiger partial charge is 0.491 e. The van der Waals surface area contributed by atoms with E-state index in [1.54, 1.807) is 23.9 Å². The van der Waals surface area contributed by atoms with Gasteiger partial charge in [-0.25, -0.2) is 14.5 Å². The molecule has 2 heterocycles. The first-order chi connectivity index (χ1) is 15.3. The Hall–Kier alpha value is -3.17. The molecule has 1 fully saturated rings. The van der Waals surface area contributed by atoms with Gasteiger partial charge in [0.1, 0.15) is 11.4 Å². The number of amides is 1. The molecule has 1 aliphatic carbocycles. The van der Waals surface area contributed by atoms with Crippen molar-refractivity contribution in [1.82, 2.24) is 25.3 Å². The minimum Gasteiger partial charge on any atom is -0.491 e. The van der Waals surface area contributed by atoms with E-state index in [2.05, 4.69) is 20.6 Å². The molecule has 1 saturated carbocycles. The first-order valence-electron chi connectivity index (χ1n) is 10.9. The van der Waals surface area contributed by atoms with Gasteiger partial charge in [0.2, 0.25) is 0 Å². The zero-order chi connectivity index (χ0) is 23.3. The molecule has 1 aliphatic rings. The van der Waals surface area contributed by atoms with Gasteiger partial charge in [-0.15, -0.1) is 5.10 Å². The van der Waals surface area contributed by atoms with Crippen LogP contribution in [-0.2, 0) is 23.1 Å². The summed E-state index contributed by atoms with van der Waals surface area (Å²) in [6.45, 7) is 6.83. The predicted molar refractivity (Wildman–Crippen MR) is 116 cm³/mol. The first-order valence-corrected chi connectivity index (χ1v) is 10.9. The van der Waals surface area contributed by atoms with Crippen LogP contribution in [0.1, 0.15) is 44.5 Å². The first kappa shape index (κ1) is 23.5. The molecule has 32 heavy (non-hydrogen) atoms. The van der Waals surface area contributed by atoms with Crippen LogP contribution in [0.25, 0.3) is 11.4 Å². The summed E-state index contributed by atoms with van der Waals surface area (Å²) in [7, 11) is 1.75. The number of alkyl carbamates (subject to hydrolysis) is 1. The molecule has 1 amide bonds. The van der Waals surface area contributed by atoms with Crippen molar-refractivity contribution < 1.29 is 24.2 Å². The second-order valence-corrected chi connectivity index (χ2v) is 8.35. The van der Waals surface area contributed by atoms with E-state index in [4.69, 9.17) is 9.47 Å². The van der Waals surface area contributed by atoms with Gasteiger partial charge in [-0.3, -0.25) is 4.79 Å². The molecule has 3 atom stereocenters. The number of rotatable bonds is 10. The summed E-state index contributed by atoms with van der Waals surface area (Å²) in [4.78, 5) is 27.7. The number of aromatic nitrogens is 4. The Labute approximate surface area is 187 Å². The third-order valence-electron chi connectivity index (χ3n) is 6.01. The third-order valence-corrected chi connectivity index (χ3v) is 6.01.